The zero-order valence-corrected chi connectivity index (χ0v) is 16.6. The second kappa shape index (κ2) is 8.71. The quantitative estimate of drug-likeness (QED) is 0.822. The molecule has 3 amide bonds. The number of hydrogen-bond donors (Lipinski definition) is 1. The number of carbonyl (C=O) groups is 2. The van der Waals surface area contributed by atoms with E-state index < -0.39 is 0 Å². The summed E-state index contributed by atoms with van der Waals surface area (Å²) in [5.41, 5.74) is 0. The Hall–Kier alpha value is -2.12. The summed E-state index contributed by atoms with van der Waals surface area (Å²) < 4.78 is 5.34. The van der Waals surface area contributed by atoms with E-state index >= 15 is 0 Å². The molecule has 1 aromatic rings. The molecule has 0 bridgehead atoms. The van der Waals surface area contributed by atoms with Crippen LogP contribution < -0.4 is 5.32 Å². The Morgan fingerprint density at radius 2 is 1.96 bits per heavy atom. The molecule has 0 radical (unpaired) electrons. The van der Waals surface area contributed by atoms with E-state index in [0.29, 0.717) is 43.8 Å². The molecule has 150 valence electrons. The Balaban J connectivity index is 1.47. The van der Waals surface area contributed by atoms with Crippen LogP contribution in [0, 0.1) is 5.92 Å². The molecule has 0 unspecified atom stereocenters. The average Bonchev–Trinajstić information content (AvgIpc) is 3.05. The molecule has 0 aromatic carbocycles. The van der Waals surface area contributed by atoms with Crippen molar-refractivity contribution in [1.29, 1.82) is 0 Å². The Bertz CT molecular complexity index is 648. The van der Waals surface area contributed by atoms with E-state index in [1.165, 1.54) is 6.42 Å². The van der Waals surface area contributed by atoms with Crippen LogP contribution in [-0.2, 0) is 11.3 Å². The minimum Gasteiger partial charge on any atom is -0.342 e. The number of likely N-dealkylation sites (tertiary alicyclic amines) is 1. The zero-order chi connectivity index (χ0) is 19.4. The fourth-order valence-electron chi connectivity index (χ4n) is 3.53. The fraction of sp³-hybridized carbons (Fsp3) is 0.789. The molecule has 2 heterocycles. The van der Waals surface area contributed by atoms with Gasteiger partial charge in [0.25, 0.3) is 0 Å². The van der Waals surface area contributed by atoms with Crippen LogP contribution in [0.15, 0.2) is 4.52 Å². The topological polar surface area (TPSA) is 91.6 Å². The maximum atomic E-state index is 12.6. The number of urea groups is 1. The molecule has 3 rings (SSSR count). The third kappa shape index (κ3) is 4.78. The van der Waals surface area contributed by atoms with Crippen molar-refractivity contribution in [3.05, 3.63) is 11.7 Å². The van der Waals surface area contributed by atoms with Gasteiger partial charge in [0, 0.05) is 37.5 Å². The monoisotopic (exact) mass is 377 g/mol. The zero-order valence-electron chi connectivity index (χ0n) is 16.6. The molecular weight excluding hydrogens is 346 g/mol. The van der Waals surface area contributed by atoms with Gasteiger partial charge in [0.15, 0.2) is 5.82 Å². The lowest BCUT2D eigenvalue weighted by atomic mass is 9.85. The van der Waals surface area contributed by atoms with Crippen LogP contribution in [0.3, 0.4) is 0 Å². The summed E-state index contributed by atoms with van der Waals surface area (Å²) in [6, 6.07) is -0.0142. The lowest BCUT2D eigenvalue weighted by Gasteiger charge is -2.34. The van der Waals surface area contributed by atoms with Gasteiger partial charge < -0.3 is 19.6 Å². The molecule has 0 spiro atoms. The first-order chi connectivity index (χ1) is 13.0. The first kappa shape index (κ1) is 19.6. The van der Waals surface area contributed by atoms with E-state index in [-0.39, 0.29) is 23.9 Å². The van der Waals surface area contributed by atoms with Crippen molar-refractivity contribution in [2.45, 2.75) is 71.4 Å². The van der Waals surface area contributed by atoms with Gasteiger partial charge >= 0.3 is 6.03 Å². The number of rotatable bonds is 6. The highest BCUT2D eigenvalue weighted by molar-refractivity contribution is 5.78. The van der Waals surface area contributed by atoms with Gasteiger partial charge in [-0.05, 0) is 32.6 Å². The van der Waals surface area contributed by atoms with Crippen molar-refractivity contribution >= 4 is 11.9 Å². The third-order valence-electron chi connectivity index (χ3n) is 5.57. The summed E-state index contributed by atoms with van der Waals surface area (Å²) >= 11 is 0. The van der Waals surface area contributed by atoms with Crippen molar-refractivity contribution in [3.8, 4) is 0 Å². The van der Waals surface area contributed by atoms with E-state index in [2.05, 4.69) is 15.5 Å². The molecule has 1 N–H and O–H groups in total. The Morgan fingerprint density at radius 1 is 1.26 bits per heavy atom. The SMILES string of the molecule is CCN(Cc1noc(C2CCC2)n1)C(=O)NC1CCN(C(=O)C(C)C)CC1. The van der Waals surface area contributed by atoms with Crippen LogP contribution in [0.1, 0.15) is 70.5 Å². The van der Waals surface area contributed by atoms with Crippen LogP contribution in [0.2, 0.25) is 0 Å². The van der Waals surface area contributed by atoms with Crippen LogP contribution in [0.25, 0.3) is 0 Å². The minimum absolute atomic E-state index is 0.0199. The lowest BCUT2D eigenvalue weighted by Crippen LogP contribution is -2.50. The molecule has 1 aliphatic heterocycles. The normalized spacial score (nSPS) is 18.4. The maximum absolute atomic E-state index is 12.6. The van der Waals surface area contributed by atoms with Gasteiger partial charge in [-0.1, -0.05) is 25.4 Å². The van der Waals surface area contributed by atoms with Gasteiger partial charge in [-0.2, -0.15) is 4.98 Å². The minimum atomic E-state index is -0.110. The van der Waals surface area contributed by atoms with E-state index in [1.807, 2.05) is 25.7 Å². The maximum Gasteiger partial charge on any atom is 0.318 e. The van der Waals surface area contributed by atoms with Crippen molar-refractivity contribution in [1.82, 2.24) is 25.3 Å². The van der Waals surface area contributed by atoms with E-state index in [1.54, 1.807) is 4.90 Å². The predicted molar refractivity (Wildman–Crippen MR) is 99.9 cm³/mol. The van der Waals surface area contributed by atoms with Crippen molar-refractivity contribution in [2.24, 2.45) is 5.92 Å². The molecule has 27 heavy (non-hydrogen) atoms. The van der Waals surface area contributed by atoms with Crippen LogP contribution in [0.4, 0.5) is 4.79 Å². The van der Waals surface area contributed by atoms with Crippen LogP contribution in [-0.4, -0.2) is 57.6 Å². The lowest BCUT2D eigenvalue weighted by molar-refractivity contribution is -0.135. The Morgan fingerprint density at radius 3 is 2.52 bits per heavy atom. The smallest absolute Gasteiger partial charge is 0.318 e. The highest BCUT2D eigenvalue weighted by Gasteiger charge is 2.28. The van der Waals surface area contributed by atoms with E-state index in [0.717, 1.165) is 25.7 Å². The Labute approximate surface area is 160 Å². The first-order valence-corrected chi connectivity index (χ1v) is 10.1. The van der Waals surface area contributed by atoms with Gasteiger partial charge in [-0.25, -0.2) is 4.79 Å². The summed E-state index contributed by atoms with van der Waals surface area (Å²) in [7, 11) is 0. The largest absolute Gasteiger partial charge is 0.342 e. The number of hydrogen-bond acceptors (Lipinski definition) is 5. The molecule has 1 aromatic heterocycles. The number of nitrogens with zero attached hydrogens (tertiary/aromatic N) is 4. The molecule has 8 nitrogen and oxygen atoms in total. The highest BCUT2D eigenvalue weighted by atomic mass is 16.5. The standard InChI is InChI=1S/C19H31N5O3/c1-4-23(12-16-21-17(27-22-16)14-6-5-7-14)19(26)20-15-8-10-24(11-9-15)18(25)13(2)3/h13-15H,4-12H2,1-3H3,(H,20,26). The molecule has 1 saturated heterocycles. The summed E-state index contributed by atoms with van der Waals surface area (Å²) in [6.07, 6.45) is 5.01. The van der Waals surface area contributed by atoms with Gasteiger partial charge in [-0.3, -0.25) is 4.79 Å². The summed E-state index contributed by atoms with van der Waals surface area (Å²) in [4.78, 5) is 32.7. The predicted octanol–water partition coefficient (Wildman–Crippen LogP) is 2.52. The van der Waals surface area contributed by atoms with Crippen LogP contribution in [0.5, 0.6) is 0 Å². The number of piperidine rings is 1. The second-order valence-electron chi connectivity index (χ2n) is 7.89. The third-order valence-corrected chi connectivity index (χ3v) is 5.57. The first-order valence-electron chi connectivity index (χ1n) is 10.1. The van der Waals surface area contributed by atoms with Crippen LogP contribution >= 0.6 is 0 Å². The highest BCUT2D eigenvalue weighted by Crippen LogP contribution is 2.35. The average molecular weight is 377 g/mol. The second-order valence-corrected chi connectivity index (χ2v) is 7.89. The summed E-state index contributed by atoms with van der Waals surface area (Å²) in [6.45, 7) is 8.10. The van der Waals surface area contributed by atoms with E-state index in [4.69, 9.17) is 4.52 Å². The summed E-state index contributed by atoms with van der Waals surface area (Å²) in [5.74, 6) is 1.87. The number of nitrogens with one attached hydrogen (secondary N) is 1. The molecule has 1 aliphatic carbocycles. The molecule has 8 heteroatoms. The van der Waals surface area contributed by atoms with Gasteiger partial charge in [0.2, 0.25) is 11.8 Å². The van der Waals surface area contributed by atoms with Gasteiger partial charge in [-0.15, -0.1) is 0 Å². The van der Waals surface area contributed by atoms with E-state index in [9.17, 15) is 9.59 Å². The molecule has 0 atom stereocenters. The van der Waals surface area contributed by atoms with Gasteiger partial charge in [0.1, 0.15) is 0 Å². The molecule has 2 aliphatic rings. The van der Waals surface area contributed by atoms with Crippen molar-refractivity contribution in [2.75, 3.05) is 19.6 Å². The molecular formula is C19H31N5O3. The fourth-order valence-corrected chi connectivity index (χ4v) is 3.53. The van der Waals surface area contributed by atoms with Gasteiger partial charge in [0.05, 0.1) is 6.54 Å². The number of amides is 3. The van der Waals surface area contributed by atoms with Crippen molar-refractivity contribution < 1.29 is 14.1 Å². The number of aromatic nitrogens is 2. The molecule has 2 fully saturated rings. The molecule has 1 saturated carbocycles. The van der Waals surface area contributed by atoms with Crippen molar-refractivity contribution in [3.63, 3.8) is 0 Å². The number of carbonyl (C=O) groups excluding carboxylic acids is 2. The summed E-state index contributed by atoms with van der Waals surface area (Å²) in [5, 5.41) is 7.12. The Kier molecular flexibility index (Phi) is 6.34.